The van der Waals surface area contributed by atoms with Crippen LogP contribution < -0.4 is 5.32 Å². The molecule has 0 saturated carbocycles. The fraction of sp³-hybridized carbons (Fsp3) is 0.273. The third-order valence-corrected chi connectivity index (χ3v) is 9.96. The van der Waals surface area contributed by atoms with E-state index in [4.69, 9.17) is 23.2 Å². The van der Waals surface area contributed by atoms with Crippen LogP contribution in [0.15, 0.2) is 95.9 Å². The molecule has 10 heteroatoms. The molecule has 4 aromatic rings. The summed E-state index contributed by atoms with van der Waals surface area (Å²) in [5.74, 6) is -0.919. The van der Waals surface area contributed by atoms with Gasteiger partial charge in [0.05, 0.1) is 11.4 Å². The Labute approximate surface area is 263 Å². The minimum Gasteiger partial charge on any atom is -0.352 e. The molecule has 4 rings (SSSR count). The Kier molecular flexibility index (Phi) is 10.8. The maximum atomic E-state index is 14.1. The maximum Gasteiger partial charge on any atom is 0.243 e. The monoisotopic (exact) mass is 639 g/mol. The van der Waals surface area contributed by atoms with Crippen molar-refractivity contribution in [3.8, 4) is 0 Å². The number of nitrogens with one attached hydrogen (secondary N) is 1. The molecule has 0 radical (unpaired) electrons. The normalized spacial score (nSPS) is 13.1. The van der Waals surface area contributed by atoms with E-state index < -0.39 is 28.5 Å². The van der Waals surface area contributed by atoms with E-state index in [9.17, 15) is 18.0 Å². The first-order valence-corrected chi connectivity index (χ1v) is 16.2. The summed E-state index contributed by atoms with van der Waals surface area (Å²) in [5, 5.41) is 5.34. The topological polar surface area (TPSA) is 86.8 Å². The van der Waals surface area contributed by atoms with Crippen molar-refractivity contribution in [1.82, 2.24) is 14.5 Å². The average Bonchev–Trinajstić information content (AvgIpc) is 3.00. The molecular weight excluding hydrogens is 605 g/mol. The Balaban J connectivity index is 1.71. The molecule has 2 atom stereocenters. The molecule has 0 aliphatic rings. The molecular formula is C33H35Cl2N3O4S. The Morgan fingerprint density at radius 3 is 2.14 bits per heavy atom. The zero-order valence-corrected chi connectivity index (χ0v) is 26.7. The highest BCUT2D eigenvalue weighted by Gasteiger charge is 2.34. The molecule has 0 aliphatic carbocycles. The van der Waals surface area contributed by atoms with Gasteiger partial charge in [0.1, 0.15) is 6.04 Å². The number of hydrogen-bond donors (Lipinski definition) is 1. The van der Waals surface area contributed by atoms with Crippen LogP contribution in [0.25, 0.3) is 10.8 Å². The fourth-order valence-electron chi connectivity index (χ4n) is 4.72. The number of rotatable bonds is 12. The number of fused-ring (bicyclic) bond motifs is 1. The van der Waals surface area contributed by atoms with E-state index in [1.165, 1.54) is 18.0 Å². The number of carbonyl (C=O) groups excluding carboxylic acids is 2. The predicted molar refractivity (Wildman–Crippen MR) is 173 cm³/mol. The van der Waals surface area contributed by atoms with Crippen molar-refractivity contribution in [1.29, 1.82) is 0 Å². The number of hydrogen-bond acceptors (Lipinski definition) is 4. The van der Waals surface area contributed by atoms with Crippen LogP contribution in [0.4, 0.5) is 0 Å². The summed E-state index contributed by atoms with van der Waals surface area (Å²) < 4.78 is 28.2. The van der Waals surface area contributed by atoms with Gasteiger partial charge >= 0.3 is 0 Å². The van der Waals surface area contributed by atoms with E-state index >= 15 is 0 Å². The van der Waals surface area contributed by atoms with Gasteiger partial charge in [0.25, 0.3) is 0 Å². The lowest BCUT2D eigenvalue weighted by atomic mass is 10.0. The number of sulfonamides is 1. The number of amides is 2. The second-order valence-electron chi connectivity index (χ2n) is 10.5. The van der Waals surface area contributed by atoms with E-state index in [0.717, 1.165) is 20.6 Å². The third kappa shape index (κ3) is 7.95. The van der Waals surface area contributed by atoms with E-state index in [0.29, 0.717) is 22.0 Å². The molecule has 0 unspecified atom stereocenters. The van der Waals surface area contributed by atoms with Gasteiger partial charge in [-0.25, -0.2) is 8.42 Å². The molecule has 0 saturated heterocycles. The highest BCUT2D eigenvalue weighted by Crippen LogP contribution is 2.28. The zero-order valence-electron chi connectivity index (χ0n) is 24.3. The Morgan fingerprint density at radius 1 is 0.860 bits per heavy atom. The molecule has 0 aromatic heterocycles. The maximum absolute atomic E-state index is 14.1. The molecule has 2 amide bonds. The van der Waals surface area contributed by atoms with Gasteiger partial charge in [-0.1, -0.05) is 96.9 Å². The van der Waals surface area contributed by atoms with Crippen LogP contribution in [0.2, 0.25) is 10.0 Å². The van der Waals surface area contributed by atoms with Crippen LogP contribution in [-0.2, 0) is 32.6 Å². The van der Waals surface area contributed by atoms with Gasteiger partial charge < -0.3 is 10.2 Å². The van der Waals surface area contributed by atoms with Crippen LogP contribution in [0, 0.1) is 0 Å². The van der Waals surface area contributed by atoms with Gasteiger partial charge in [0.15, 0.2) is 0 Å². The summed E-state index contributed by atoms with van der Waals surface area (Å²) in [6.45, 7) is 3.25. The lowest BCUT2D eigenvalue weighted by Crippen LogP contribution is -2.54. The van der Waals surface area contributed by atoms with Crippen molar-refractivity contribution >= 4 is 55.8 Å². The Morgan fingerprint density at radius 2 is 1.49 bits per heavy atom. The van der Waals surface area contributed by atoms with Crippen molar-refractivity contribution in [3.63, 3.8) is 0 Å². The lowest BCUT2D eigenvalue weighted by molar-refractivity contribution is -0.141. The molecule has 0 fully saturated rings. The average molecular weight is 641 g/mol. The minimum absolute atomic E-state index is 0.0672. The Hall–Kier alpha value is -3.43. The van der Waals surface area contributed by atoms with E-state index in [1.54, 1.807) is 30.3 Å². The first-order chi connectivity index (χ1) is 20.5. The molecule has 0 bridgehead atoms. The second-order valence-corrected chi connectivity index (χ2v) is 13.4. The molecule has 226 valence electrons. The predicted octanol–water partition coefficient (Wildman–Crippen LogP) is 6.32. The van der Waals surface area contributed by atoms with E-state index in [2.05, 4.69) is 5.32 Å². The number of likely N-dealkylation sites (N-methyl/N-ethyl adjacent to an activating group) is 1. The first-order valence-electron chi connectivity index (χ1n) is 14.0. The van der Waals surface area contributed by atoms with Crippen molar-refractivity contribution in [2.45, 2.75) is 50.2 Å². The van der Waals surface area contributed by atoms with E-state index in [-0.39, 0.29) is 29.8 Å². The smallest absolute Gasteiger partial charge is 0.243 e. The van der Waals surface area contributed by atoms with Gasteiger partial charge in [0.2, 0.25) is 21.8 Å². The molecule has 43 heavy (non-hydrogen) atoms. The second kappa shape index (κ2) is 14.4. The molecule has 1 N–H and O–H groups in total. The van der Waals surface area contributed by atoms with Gasteiger partial charge in [-0.2, -0.15) is 4.31 Å². The largest absolute Gasteiger partial charge is 0.352 e. The Bertz CT molecular complexity index is 1680. The molecule has 0 heterocycles. The first kappa shape index (κ1) is 32.5. The summed E-state index contributed by atoms with van der Waals surface area (Å²) in [4.78, 5) is 29.3. The summed E-state index contributed by atoms with van der Waals surface area (Å²) in [7, 11) is -2.69. The molecule has 0 aliphatic heterocycles. The van der Waals surface area contributed by atoms with Crippen molar-refractivity contribution in [2.24, 2.45) is 0 Å². The minimum atomic E-state index is -4.04. The van der Waals surface area contributed by atoms with Gasteiger partial charge in [-0.15, -0.1) is 0 Å². The van der Waals surface area contributed by atoms with Crippen LogP contribution in [0.1, 0.15) is 31.4 Å². The van der Waals surface area contributed by atoms with Crippen LogP contribution >= 0.6 is 23.2 Å². The van der Waals surface area contributed by atoms with Gasteiger partial charge in [-0.3, -0.25) is 9.59 Å². The standard InChI is InChI=1S/C33H35Cl2N3O4S/c1-4-23(2)36-33(40)31(19-24-11-6-5-7-12-24)38(21-28-29(34)15-10-16-30(28)35)32(39)22-37(3)43(41,42)27-18-17-25-13-8-9-14-26(25)20-27/h5-18,20,23,31H,4,19,21-22H2,1-3H3,(H,36,40)/t23-,31-/m1/s1. The lowest BCUT2D eigenvalue weighted by Gasteiger charge is -2.33. The van der Waals surface area contributed by atoms with Gasteiger partial charge in [-0.05, 0) is 53.9 Å². The summed E-state index contributed by atoms with van der Waals surface area (Å²) in [5.41, 5.74) is 1.31. The summed E-state index contributed by atoms with van der Waals surface area (Å²) >= 11 is 13.0. The fourth-order valence-corrected chi connectivity index (χ4v) is 6.40. The quantitative estimate of drug-likeness (QED) is 0.196. The molecule has 7 nitrogen and oxygen atoms in total. The summed E-state index contributed by atoms with van der Waals surface area (Å²) in [6.07, 6.45) is 0.902. The number of nitrogens with zero attached hydrogens (tertiary/aromatic N) is 2. The van der Waals surface area contributed by atoms with Crippen LogP contribution in [0.3, 0.4) is 0 Å². The zero-order chi connectivity index (χ0) is 31.1. The number of benzene rings is 4. The highest BCUT2D eigenvalue weighted by atomic mass is 35.5. The number of halogens is 2. The summed E-state index contributed by atoms with van der Waals surface area (Å²) in [6, 6.07) is 25.6. The van der Waals surface area contributed by atoms with Crippen LogP contribution in [-0.4, -0.2) is 55.1 Å². The SMILES string of the molecule is CC[C@@H](C)NC(=O)[C@@H](Cc1ccccc1)N(Cc1c(Cl)cccc1Cl)C(=O)CN(C)S(=O)(=O)c1ccc2ccccc2c1. The third-order valence-electron chi connectivity index (χ3n) is 7.45. The van der Waals surface area contributed by atoms with Crippen molar-refractivity contribution in [2.75, 3.05) is 13.6 Å². The number of carbonyl (C=O) groups is 2. The van der Waals surface area contributed by atoms with Crippen molar-refractivity contribution < 1.29 is 18.0 Å². The van der Waals surface area contributed by atoms with E-state index in [1.807, 2.05) is 68.4 Å². The molecule has 0 spiro atoms. The van der Waals surface area contributed by atoms with Crippen LogP contribution in [0.5, 0.6) is 0 Å². The highest BCUT2D eigenvalue weighted by molar-refractivity contribution is 7.89. The van der Waals surface area contributed by atoms with Gasteiger partial charge in [0, 0.05) is 41.7 Å². The molecule has 4 aromatic carbocycles. The van der Waals surface area contributed by atoms with Crippen molar-refractivity contribution in [3.05, 3.63) is 112 Å².